The first-order chi connectivity index (χ1) is 16.6. The van der Waals surface area contributed by atoms with Gasteiger partial charge in [-0.2, -0.15) is 0 Å². The van der Waals surface area contributed by atoms with Crippen molar-refractivity contribution >= 4 is 29.8 Å². The van der Waals surface area contributed by atoms with E-state index >= 15 is 0 Å². The predicted octanol–water partition coefficient (Wildman–Crippen LogP) is 1.64. The molecule has 0 spiro atoms. The van der Waals surface area contributed by atoms with Crippen LogP contribution in [-0.4, -0.2) is 66.0 Å². The molecule has 11 heteroatoms. The average Bonchev–Trinajstić information content (AvgIpc) is 2.74. The number of hydrogen-bond acceptors (Lipinski definition) is 7. The lowest BCUT2D eigenvalue weighted by molar-refractivity contribution is -0.146. The van der Waals surface area contributed by atoms with Crippen LogP contribution in [-0.2, 0) is 28.7 Å². The molecule has 11 nitrogen and oxygen atoms in total. The number of nitrogens with two attached hydrogens (primary N) is 1. The molecule has 0 aliphatic heterocycles. The van der Waals surface area contributed by atoms with Gasteiger partial charge in [0.25, 0.3) is 0 Å². The molecule has 1 aromatic carbocycles. The highest BCUT2D eigenvalue weighted by Crippen LogP contribution is 2.27. The van der Waals surface area contributed by atoms with E-state index in [1.807, 2.05) is 19.9 Å². The van der Waals surface area contributed by atoms with Crippen molar-refractivity contribution in [1.29, 1.82) is 0 Å². The van der Waals surface area contributed by atoms with Gasteiger partial charge in [-0.1, -0.05) is 18.2 Å². The van der Waals surface area contributed by atoms with Crippen LogP contribution < -0.4 is 16.4 Å². The number of nitrogens with one attached hydrogen (secondary N) is 2. The molecular formula is C25H38N4O7. The first-order valence-electron chi connectivity index (χ1n) is 11.6. The van der Waals surface area contributed by atoms with Gasteiger partial charge in [-0.15, -0.1) is 0 Å². The Morgan fingerprint density at radius 3 is 2.14 bits per heavy atom. The molecule has 0 saturated heterocycles. The van der Waals surface area contributed by atoms with Gasteiger partial charge in [-0.25, -0.2) is 4.79 Å². The number of esters is 1. The molecule has 0 saturated carbocycles. The zero-order valence-electron chi connectivity index (χ0n) is 22.3. The molecule has 4 amide bonds. The van der Waals surface area contributed by atoms with Crippen LogP contribution in [0.3, 0.4) is 0 Å². The fraction of sp³-hybridized carbons (Fsp3) is 0.560. The molecule has 2 unspecified atom stereocenters. The van der Waals surface area contributed by atoms with Crippen LogP contribution >= 0.6 is 0 Å². The molecule has 0 bridgehead atoms. The van der Waals surface area contributed by atoms with Crippen LogP contribution in [0.25, 0.3) is 0 Å². The summed E-state index contributed by atoms with van der Waals surface area (Å²) >= 11 is 0. The van der Waals surface area contributed by atoms with Crippen molar-refractivity contribution in [1.82, 2.24) is 15.5 Å². The minimum absolute atomic E-state index is 0.405. The summed E-state index contributed by atoms with van der Waals surface area (Å²) in [5.41, 5.74) is 6.86. The minimum atomic E-state index is -1.39. The van der Waals surface area contributed by atoms with Crippen LogP contribution in [0.4, 0.5) is 4.79 Å². The van der Waals surface area contributed by atoms with E-state index in [4.69, 9.17) is 10.5 Å². The molecule has 2 atom stereocenters. The third-order valence-electron chi connectivity index (χ3n) is 5.21. The lowest BCUT2D eigenvalue weighted by Gasteiger charge is -2.37. The Labute approximate surface area is 212 Å². The van der Waals surface area contributed by atoms with Gasteiger partial charge in [0.15, 0.2) is 0 Å². The smallest absolute Gasteiger partial charge is 0.408 e. The summed E-state index contributed by atoms with van der Waals surface area (Å²) in [5, 5.41) is 4.90. The number of benzene rings is 1. The molecule has 0 heterocycles. The van der Waals surface area contributed by atoms with Crippen LogP contribution in [0, 0.1) is 13.8 Å². The maximum absolute atomic E-state index is 13.8. The summed E-state index contributed by atoms with van der Waals surface area (Å²) in [5.74, 6) is -2.85. The van der Waals surface area contributed by atoms with Crippen molar-refractivity contribution in [3.63, 3.8) is 0 Å². The summed E-state index contributed by atoms with van der Waals surface area (Å²) in [6, 6.07) is 2.17. The van der Waals surface area contributed by atoms with Crippen LogP contribution in [0.5, 0.6) is 0 Å². The van der Waals surface area contributed by atoms with Crippen molar-refractivity contribution < 1.29 is 33.4 Å². The molecule has 1 rings (SSSR count). The summed E-state index contributed by atoms with van der Waals surface area (Å²) in [6.07, 6.45) is -1.42. The zero-order valence-corrected chi connectivity index (χ0v) is 22.3. The minimum Gasteiger partial charge on any atom is -0.468 e. The maximum atomic E-state index is 13.8. The molecule has 200 valence electrons. The highest BCUT2D eigenvalue weighted by atomic mass is 16.6. The molecule has 1 aromatic rings. The van der Waals surface area contributed by atoms with Crippen molar-refractivity contribution in [2.45, 2.75) is 78.6 Å². The molecule has 0 aliphatic carbocycles. The first kappa shape index (κ1) is 30.4. The predicted molar refractivity (Wildman–Crippen MR) is 133 cm³/mol. The molecule has 0 aliphatic rings. The van der Waals surface area contributed by atoms with Gasteiger partial charge in [0.1, 0.15) is 24.2 Å². The molecule has 0 aromatic heterocycles. The topological polar surface area (TPSA) is 157 Å². The second-order valence-electron chi connectivity index (χ2n) is 9.75. The van der Waals surface area contributed by atoms with E-state index in [2.05, 4.69) is 15.4 Å². The number of methoxy groups -OCH3 is 1. The number of amides is 4. The Balaban J connectivity index is 3.51. The maximum Gasteiger partial charge on any atom is 0.408 e. The van der Waals surface area contributed by atoms with Crippen molar-refractivity contribution in [3.05, 3.63) is 34.9 Å². The molecule has 0 radical (unpaired) electrons. The summed E-state index contributed by atoms with van der Waals surface area (Å²) in [6.45, 7) is 11.7. The Morgan fingerprint density at radius 2 is 1.67 bits per heavy atom. The lowest BCUT2D eigenvalue weighted by atomic mass is 9.97. The van der Waals surface area contributed by atoms with Gasteiger partial charge in [0.05, 0.1) is 13.5 Å². The van der Waals surface area contributed by atoms with Crippen LogP contribution in [0.2, 0.25) is 0 Å². The quantitative estimate of drug-likeness (QED) is 0.407. The van der Waals surface area contributed by atoms with Crippen LogP contribution in [0.1, 0.15) is 63.8 Å². The van der Waals surface area contributed by atoms with E-state index in [0.717, 1.165) is 11.1 Å². The number of aryl methyl sites for hydroxylation is 2. The van der Waals surface area contributed by atoms with Crippen molar-refractivity contribution in [2.24, 2.45) is 5.73 Å². The molecule has 4 N–H and O–H groups in total. The number of carbonyl (C=O) groups is 5. The third kappa shape index (κ3) is 9.20. The van der Waals surface area contributed by atoms with Crippen molar-refractivity contribution in [3.8, 4) is 0 Å². The SMILES string of the molecule is COC(=O)CNC(=O)C(c1ccc(C)c(C)c1)N(C(=O)C(CC(N)=O)NC(=O)OC(C)(C)C)C(C)C. The standard InChI is InChI=1S/C25H38N4O7/c1-14(2)29(23(33)18(12-19(26)30)28-24(34)36-25(5,6)7)21(22(32)27-13-20(31)35-8)17-10-9-15(3)16(4)11-17/h9-11,14,18,21H,12-13H2,1-8H3,(H2,26,30)(H,27,32)(H,28,34). The molecule has 36 heavy (non-hydrogen) atoms. The Morgan fingerprint density at radius 1 is 1.06 bits per heavy atom. The monoisotopic (exact) mass is 506 g/mol. The molecular weight excluding hydrogens is 468 g/mol. The number of hydrogen-bond donors (Lipinski definition) is 3. The normalized spacial score (nSPS) is 12.8. The zero-order chi connectivity index (χ0) is 27.8. The number of rotatable bonds is 10. The van der Waals surface area contributed by atoms with E-state index in [0.29, 0.717) is 5.56 Å². The summed E-state index contributed by atoms with van der Waals surface area (Å²) in [4.78, 5) is 64.2. The fourth-order valence-electron chi connectivity index (χ4n) is 3.41. The van der Waals surface area contributed by atoms with E-state index in [1.54, 1.807) is 46.8 Å². The van der Waals surface area contributed by atoms with E-state index in [9.17, 15) is 24.0 Å². The van der Waals surface area contributed by atoms with E-state index in [1.165, 1.54) is 12.0 Å². The van der Waals surface area contributed by atoms with Gasteiger partial charge in [-0.3, -0.25) is 19.2 Å². The Kier molecular flexibility index (Phi) is 10.9. The number of nitrogens with zero attached hydrogens (tertiary/aromatic N) is 1. The van der Waals surface area contributed by atoms with Crippen LogP contribution in [0.15, 0.2) is 18.2 Å². The second-order valence-corrected chi connectivity index (χ2v) is 9.75. The highest BCUT2D eigenvalue weighted by Gasteiger charge is 2.38. The Bertz CT molecular complexity index is 985. The van der Waals surface area contributed by atoms with Gasteiger partial charge < -0.3 is 30.7 Å². The van der Waals surface area contributed by atoms with E-state index < -0.39 is 66.5 Å². The lowest BCUT2D eigenvalue weighted by Crippen LogP contribution is -2.56. The highest BCUT2D eigenvalue weighted by molar-refractivity contribution is 5.95. The average molecular weight is 507 g/mol. The molecule has 0 fully saturated rings. The number of ether oxygens (including phenoxy) is 2. The largest absolute Gasteiger partial charge is 0.468 e. The summed E-state index contributed by atoms with van der Waals surface area (Å²) < 4.78 is 9.83. The van der Waals surface area contributed by atoms with Gasteiger partial charge in [0.2, 0.25) is 17.7 Å². The Hall–Kier alpha value is -3.63. The second kappa shape index (κ2) is 12.9. The van der Waals surface area contributed by atoms with Gasteiger partial charge in [0, 0.05) is 6.04 Å². The van der Waals surface area contributed by atoms with Crippen molar-refractivity contribution in [2.75, 3.05) is 13.7 Å². The number of carbonyl (C=O) groups excluding carboxylic acids is 5. The summed E-state index contributed by atoms with van der Waals surface area (Å²) in [7, 11) is 1.19. The number of alkyl carbamates (subject to hydrolysis) is 1. The fourth-order valence-corrected chi connectivity index (χ4v) is 3.41. The van der Waals surface area contributed by atoms with E-state index in [-0.39, 0.29) is 0 Å². The third-order valence-corrected chi connectivity index (χ3v) is 5.21. The first-order valence-corrected chi connectivity index (χ1v) is 11.6. The van der Waals surface area contributed by atoms with Gasteiger partial charge in [-0.05, 0) is 65.2 Å². The van der Waals surface area contributed by atoms with Gasteiger partial charge >= 0.3 is 12.1 Å². The number of primary amides is 1.